The number of hydrogen-bond donors (Lipinski definition) is 1. The predicted molar refractivity (Wildman–Crippen MR) is 109 cm³/mol. The molecule has 2 aromatic carbocycles. The third-order valence-electron chi connectivity index (χ3n) is 5.57. The van der Waals surface area contributed by atoms with Crippen molar-refractivity contribution in [1.29, 1.82) is 0 Å². The molecule has 0 aliphatic carbocycles. The van der Waals surface area contributed by atoms with Crippen LogP contribution >= 0.6 is 0 Å². The number of amides is 1. The molecule has 1 amide bonds. The highest BCUT2D eigenvalue weighted by Crippen LogP contribution is 2.25. The Labute approximate surface area is 165 Å². The van der Waals surface area contributed by atoms with Crippen molar-refractivity contribution in [3.8, 4) is 16.8 Å². The van der Waals surface area contributed by atoms with Crippen LogP contribution in [-0.4, -0.2) is 44.9 Å². The normalized spacial score (nSPS) is 19.2. The molecule has 3 aromatic rings. The molecule has 0 bridgehead atoms. The highest BCUT2D eigenvalue weighted by atomic mass is 16.2. The lowest BCUT2D eigenvalue weighted by Gasteiger charge is -2.20. The second-order valence-electron chi connectivity index (χ2n) is 7.49. The second-order valence-corrected chi connectivity index (χ2v) is 7.49. The summed E-state index contributed by atoms with van der Waals surface area (Å²) in [6.07, 6.45) is 0.941. The topological polar surface area (TPSA) is 77.0 Å². The van der Waals surface area contributed by atoms with Gasteiger partial charge in [-0.15, -0.1) is 5.10 Å². The van der Waals surface area contributed by atoms with Crippen molar-refractivity contribution in [3.63, 3.8) is 0 Å². The van der Waals surface area contributed by atoms with Crippen molar-refractivity contribution < 1.29 is 4.79 Å². The average Bonchev–Trinajstić information content (AvgIpc) is 3.31. The first kappa shape index (κ1) is 18.4. The van der Waals surface area contributed by atoms with E-state index in [1.54, 1.807) is 4.68 Å². The minimum atomic E-state index is -0.0619. The van der Waals surface area contributed by atoms with Crippen LogP contribution in [0.3, 0.4) is 0 Å². The van der Waals surface area contributed by atoms with Crippen molar-refractivity contribution in [1.82, 2.24) is 19.9 Å². The molecule has 2 heterocycles. The van der Waals surface area contributed by atoms with E-state index in [-0.39, 0.29) is 11.9 Å². The van der Waals surface area contributed by atoms with Gasteiger partial charge < -0.3 is 10.6 Å². The number of aromatic nitrogens is 3. The number of carbonyl (C=O) groups is 1. The summed E-state index contributed by atoms with van der Waals surface area (Å²) in [5.41, 5.74) is 10.1. The highest BCUT2D eigenvalue weighted by molar-refractivity contribution is 5.93. The molecule has 0 saturated carbocycles. The lowest BCUT2D eigenvalue weighted by molar-refractivity contribution is 0.0736. The lowest BCUT2D eigenvalue weighted by atomic mass is 10.1. The molecular formula is C22H25N5O. The van der Waals surface area contributed by atoms with Gasteiger partial charge in [-0.1, -0.05) is 47.7 Å². The van der Waals surface area contributed by atoms with Gasteiger partial charge in [0.25, 0.3) is 5.91 Å². The Morgan fingerprint density at radius 2 is 1.79 bits per heavy atom. The van der Waals surface area contributed by atoms with Crippen LogP contribution in [0.5, 0.6) is 0 Å². The third-order valence-corrected chi connectivity index (χ3v) is 5.57. The fourth-order valence-electron chi connectivity index (χ4n) is 3.93. The first-order valence-corrected chi connectivity index (χ1v) is 9.67. The highest BCUT2D eigenvalue weighted by Gasteiger charge is 2.34. The van der Waals surface area contributed by atoms with E-state index < -0.39 is 0 Å². The van der Waals surface area contributed by atoms with Gasteiger partial charge in [-0.3, -0.25) is 4.79 Å². The van der Waals surface area contributed by atoms with E-state index in [1.165, 1.54) is 0 Å². The Kier molecular flexibility index (Phi) is 4.96. The van der Waals surface area contributed by atoms with Crippen molar-refractivity contribution in [2.75, 3.05) is 13.1 Å². The number of nitrogens with zero attached hydrogens (tertiary/aromatic N) is 4. The van der Waals surface area contributed by atoms with Gasteiger partial charge in [0.05, 0.1) is 11.4 Å². The van der Waals surface area contributed by atoms with Crippen molar-refractivity contribution >= 4 is 5.91 Å². The van der Waals surface area contributed by atoms with E-state index in [1.807, 2.05) is 42.2 Å². The molecule has 2 atom stereocenters. The summed E-state index contributed by atoms with van der Waals surface area (Å²) in [5.74, 6) is 0.299. The number of likely N-dealkylation sites (tertiary alicyclic amines) is 1. The standard InChI is InChI=1S/C22H25N5O/c1-15-12-17(13-23)14-26(15)22(28)21-16(2)27(25-24-21)20-10-8-19(9-11-20)18-6-4-3-5-7-18/h3-11,15,17H,12-14,23H2,1-2H3. The summed E-state index contributed by atoms with van der Waals surface area (Å²) in [6.45, 7) is 5.25. The maximum Gasteiger partial charge on any atom is 0.276 e. The van der Waals surface area contributed by atoms with Gasteiger partial charge in [0.1, 0.15) is 0 Å². The molecule has 1 aliphatic rings. The maximum atomic E-state index is 13.0. The Hall–Kier alpha value is -2.99. The third kappa shape index (κ3) is 3.31. The average molecular weight is 375 g/mol. The molecule has 1 aromatic heterocycles. The van der Waals surface area contributed by atoms with E-state index in [0.717, 1.165) is 28.9 Å². The first-order valence-electron chi connectivity index (χ1n) is 9.67. The van der Waals surface area contributed by atoms with Gasteiger partial charge in [0.2, 0.25) is 0 Å². The predicted octanol–water partition coefficient (Wildman–Crippen LogP) is 3.05. The number of nitrogens with two attached hydrogens (primary N) is 1. The fourth-order valence-corrected chi connectivity index (χ4v) is 3.93. The van der Waals surface area contributed by atoms with Gasteiger partial charge in [-0.05, 0) is 56.0 Å². The van der Waals surface area contributed by atoms with E-state index in [4.69, 9.17) is 5.73 Å². The summed E-state index contributed by atoms with van der Waals surface area (Å²) in [7, 11) is 0. The lowest BCUT2D eigenvalue weighted by Crippen LogP contribution is -2.35. The number of benzene rings is 2. The zero-order valence-corrected chi connectivity index (χ0v) is 16.2. The maximum absolute atomic E-state index is 13.0. The van der Waals surface area contributed by atoms with Crippen molar-refractivity contribution in [3.05, 3.63) is 66.0 Å². The number of rotatable bonds is 4. The van der Waals surface area contributed by atoms with Gasteiger partial charge in [-0.25, -0.2) is 4.68 Å². The van der Waals surface area contributed by atoms with Crippen LogP contribution in [0.15, 0.2) is 54.6 Å². The molecule has 0 spiro atoms. The zero-order valence-electron chi connectivity index (χ0n) is 16.2. The van der Waals surface area contributed by atoms with Crippen LogP contribution in [0, 0.1) is 12.8 Å². The molecule has 4 rings (SSSR count). The van der Waals surface area contributed by atoms with E-state index >= 15 is 0 Å². The summed E-state index contributed by atoms with van der Waals surface area (Å²) in [5, 5.41) is 8.43. The molecule has 2 N–H and O–H groups in total. The molecule has 0 radical (unpaired) electrons. The SMILES string of the molecule is Cc1c(C(=O)N2CC(CN)CC2C)nnn1-c1ccc(-c2ccccc2)cc1. The zero-order chi connectivity index (χ0) is 19.7. The molecule has 28 heavy (non-hydrogen) atoms. The van der Waals surface area contributed by atoms with Crippen LogP contribution in [0.2, 0.25) is 0 Å². The monoisotopic (exact) mass is 375 g/mol. The van der Waals surface area contributed by atoms with E-state index in [0.29, 0.717) is 24.7 Å². The van der Waals surface area contributed by atoms with Gasteiger partial charge in [-0.2, -0.15) is 0 Å². The van der Waals surface area contributed by atoms with E-state index in [9.17, 15) is 4.79 Å². The molecule has 6 heteroatoms. The fraction of sp³-hybridized carbons (Fsp3) is 0.318. The summed E-state index contributed by atoms with van der Waals surface area (Å²) < 4.78 is 1.73. The van der Waals surface area contributed by atoms with Gasteiger partial charge in [0.15, 0.2) is 5.69 Å². The first-order chi connectivity index (χ1) is 13.6. The Morgan fingerprint density at radius 1 is 1.11 bits per heavy atom. The molecule has 6 nitrogen and oxygen atoms in total. The minimum absolute atomic E-state index is 0.0619. The summed E-state index contributed by atoms with van der Waals surface area (Å²) in [4.78, 5) is 14.9. The summed E-state index contributed by atoms with van der Waals surface area (Å²) >= 11 is 0. The van der Waals surface area contributed by atoms with E-state index in [2.05, 4.69) is 41.5 Å². The molecular weight excluding hydrogens is 350 g/mol. The second kappa shape index (κ2) is 7.56. The quantitative estimate of drug-likeness (QED) is 0.760. The van der Waals surface area contributed by atoms with Crippen molar-refractivity contribution in [2.45, 2.75) is 26.3 Å². The van der Waals surface area contributed by atoms with Crippen LogP contribution in [0.4, 0.5) is 0 Å². The number of hydrogen-bond acceptors (Lipinski definition) is 4. The summed E-state index contributed by atoms with van der Waals surface area (Å²) in [6, 6.07) is 18.5. The van der Waals surface area contributed by atoms with Crippen LogP contribution in [0.25, 0.3) is 16.8 Å². The largest absolute Gasteiger partial charge is 0.334 e. The van der Waals surface area contributed by atoms with Gasteiger partial charge >= 0.3 is 0 Å². The number of carbonyl (C=O) groups excluding carboxylic acids is 1. The Morgan fingerprint density at radius 3 is 2.43 bits per heavy atom. The molecule has 144 valence electrons. The Balaban J connectivity index is 1.58. The van der Waals surface area contributed by atoms with Gasteiger partial charge in [0, 0.05) is 12.6 Å². The molecule has 1 aliphatic heterocycles. The smallest absolute Gasteiger partial charge is 0.276 e. The molecule has 2 unspecified atom stereocenters. The van der Waals surface area contributed by atoms with Crippen molar-refractivity contribution in [2.24, 2.45) is 11.7 Å². The van der Waals surface area contributed by atoms with Crippen LogP contribution in [0.1, 0.15) is 29.5 Å². The van der Waals surface area contributed by atoms with Crippen LogP contribution < -0.4 is 5.73 Å². The van der Waals surface area contributed by atoms with Crippen LogP contribution in [-0.2, 0) is 0 Å². The minimum Gasteiger partial charge on any atom is -0.334 e. The molecule has 1 saturated heterocycles. The molecule has 1 fully saturated rings. The Bertz CT molecular complexity index is 964.